The van der Waals surface area contributed by atoms with E-state index < -0.39 is 0 Å². The molecule has 0 aromatic rings. The van der Waals surface area contributed by atoms with Gasteiger partial charge in [0.05, 0.1) is 0 Å². The molecule has 0 amide bonds. The van der Waals surface area contributed by atoms with Crippen molar-refractivity contribution in [1.82, 2.24) is 0 Å². The average Bonchev–Trinajstić information content (AvgIpc) is 2.14. The number of rotatable bonds is 7. The van der Waals surface area contributed by atoms with Gasteiger partial charge in [-0.3, -0.25) is 0 Å². The molecule has 1 N–H and O–H groups in total. The number of allylic oxidation sites excluding steroid dienone is 5. The summed E-state index contributed by atoms with van der Waals surface area (Å²) in [6.07, 6.45) is 11.5. The molecule has 14 heavy (non-hydrogen) atoms. The largest absolute Gasteiger partial charge is 0.509 e. The van der Waals surface area contributed by atoms with Gasteiger partial charge in [-0.2, -0.15) is 11.8 Å². The third-order valence-electron chi connectivity index (χ3n) is 1.64. The average molecular weight is 210 g/mol. The van der Waals surface area contributed by atoms with E-state index in [-0.39, 0.29) is 5.76 Å². The van der Waals surface area contributed by atoms with Gasteiger partial charge in [0, 0.05) is 0 Å². The summed E-state index contributed by atoms with van der Waals surface area (Å²) in [5.41, 5.74) is 1.17. The first-order valence-corrected chi connectivity index (χ1v) is 5.96. The first-order valence-electron chi connectivity index (χ1n) is 4.57. The SMILES string of the molecule is C=C/C=C(\C=C/C(=C)O)CCCSC. The lowest BCUT2D eigenvalue weighted by Crippen LogP contribution is -1.83. The van der Waals surface area contributed by atoms with Crippen molar-refractivity contribution < 1.29 is 5.11 Å². The summed E-state index contributed by atoms with van der Waals surface area (Å²) in [6.45, 7) is 7.05. The van der Waals surface area contributed by atoms with E-state index in [9.17, 15) is 0 Å². The van der Waals surface area contributed by atoms with E-state index in [1.165, 1.54) is 5.57 Å². The second-order valence-electron chi connectivity index (χ2n) is 2.90. The van der Waals surface area contributed by atoms with Crippen LogP contribution in [0, 0.1) is 0 Å². The van der Waals surface area contributed by atoms with Crippen molar-refractivity contribution in [3.8, 4) is 0 Å². The smallest absolute Gasteiger partial charge is 0.108 e. The first-order chi connectivity index (χ1) is 6.70. The minimum Gasteiger partial charge on any atom is -0.509 e. The number of thioether (sulfide) groups is 1. The predicted molar refractivity (Wildman–Crippen MR) is 66.8 cm³/mol. The van der Waals surface area contributed by atoms with E-state index in [4.69, 9.17) is 5.11 Å². The molecule has 0 fully saturated rings. The van der Waals surface area contributed by atoms with Gasteiger partial charge in [-0.05, 0) is 36.5 Å². The van der Waals surface area contributed by atoms with Crippen LogP contribution in [0.4, 0.5) is 0 Å². The zero-order chi connectivity index (χ0) is 10.8. The molecule has 0 saturated heterocycles. The Morgan fingerprint density at radius 1 is 1.43 bits per heavy atom. The highest BCUT2D eigenvalue weighted by atomic mass is 32.2. The van der Waals surface area contributed by atoms with Crippen LogP contribution in [0.15, 0.2) is 48.8 Å². The summed E-state index contributed by atoms with van der Waals surface area (Å²) in [7, 11) is 0. The second-order valence-corrected chi connectivity index (χ2v) is 3.88. The molecular weight excluding hydrogens is 192 g/mol. The van der Waals surface area contributed by atoms with Gasteiger partial charge >= 0.3 is 0 Å². The molecule has 0 saturated carbocycles. The monoisotopic (exact) mass is 210 g/mol. The zero-order valence-corrected chi connectivity index (χ0v) is 9.52. The maximum Gasteiger partial charge on any atom is 0.108 e. The maximum absolute atomic E-state index is 8.90. The lowest BCUT2D eigenvalue weighted by Gasteiger charge is -2.00. The quantitative estimate of drug-likeness (QED) is 0.391. The molecule has 0 aromatic heterocycles. The highest BCUT2D eigenvalue weighted by Crippen LogP contribution is 2.10. The summed E-state index contributed by atoms with van der Waals surface area (Å²) in [6, 6.07) is 0. The summed E-state index contributed by atoms with van der Waals surface area (Å²) >= 11 is 1.84. The van der Waals surface area contributed by atoms with Crippen molar-refractivity contribution in [2.75, 3.05) is 12.0 Å². The van der Waals surface area contributed by atoms with E-state index in [0.717, 1.165) is 18.6 Å². The number of hydrogen-bond donors (Lipinski definition) is 1. The highest BCUT2D eigenvalue weighted by molar-refractivity contribution is 7.98. The highest BCUT2D eigenvalue weighted by Gasteiger charge is 1.92. The summed E-state index contributed by atoms with van der Waals surface area (Å²) in [5, 5.41) is 8.90. The molecule has 2 heteroatoms. The van der Waals surface area contributed by atoms with Crippen molar-refractivity contribution >= 4 is 11.8 Å². The van der Waals surface area contributed by atoms with Gasteiger partial charge in [-0.1, -0.05) is 31.4 Å². The molecule has 0 aliphatic carbocycles. The van der Waals surface area contributed by atoms with E-state index in [2.05, 4.69) is 19.4 Å². The van der Waals surface area contributed by atoms with Gasteiger partial charge in [0.1, 0.15) is 5.76 Å². The molecule has 0 aliphatic rings. The maximum atomic E-state index is 8.90. The fourth-order valence-electron chi connectivity index (χ4n) is 0.997. The predicted octanol–water partition coefficient (Wildman–Crippen LogP) is 3.87. The van der Waals surface area contributed by atoms with Gasteiger partial charge in [0.2, 0.25) is 0 Å². The Balaban J connectivity index is 4.09. The number of aliphatic hydroxyl groups is 1. The Bertz CT molecular complexity index is 239. The Morgan fingerprint density at radius 3 is 2.64 bits per heavy atom. The van der Waals surface area contributed by atoms with Crippen LogP contribution >= 0.6 is 11.8 Å². The zero-order valence-electron chi connectivity index (χ0n) is 8.70. The molecule has 0 bridgehead atoms. The van der Waals surface area contributed by atoms with Crippen LogP contribution in [0.1, 0.15) is 12.8 Å². The topological polar surface area (TPSA) is 20.2 Å². The van der Waals surface area contributed by atoms with Gasteiger partial charge in [0.15, 0.2) is 0 Å². The Kier molecular flexibility index (Phi) is 8.14. The molecule has 0 atom stereocenters. The van der Waals surface area contributed by atoms with Crippen LogP contribution in [0.3, 0.4) is 0 Å². The lowest BCUT2D eigenvalue weighted by molar-refractivity contribution is 0.435. The first kappa shape index (κ1) is 13.1. The minimum atomic E-state index is 0.0878. The third kappa shape index (κ3) is 7.74. The van der Waals surface area contributed by atoms with E-state index in [0.29, 0.717) is 0 Å². The summed E-state index contributed by atoms with van der Waals surface area (Å²) in [5.74, 6) is 1.24. The third-order valence-corrected chi connectivity index (χ3v) is 2.33. The van der Waals surface area contributed by atoms with Crippen LogP contribution in [0.5, 0.6) is 0 Å². The lowest BCUT2D eigenvalue weighted by atomic mass is 10.1. The van der Waals surface area contributed by atoms with Crippen LogP contribution in [-0.2, 0) is 0 Å². The van der Waals surface area contributed by atoms with Crippen molar-refractivity contribution in [1.29, 1.82) is 0 Å². The normalized spacial score (nSPS) is 11.9. The van der Waals surface area contributed by atoms with E-state index >= 15 is 0 Å². The molecule has 1 nitrogen and oxygen atoms in total. The van der Waals surface area contributed by atoms with Gasteiger partial charge in [-0.15, -0.1) is 0 Å². The molecule has 0 aliphatic heterocycles. The molecule has 0 spiro atoms. The summed E-state index contributed by atoms with van der Waals surface area (Å²) < 4.78 is 0. The van der Waals surface area contributed by atoms with E-state index in [1.807, 2.05) is 23.9 Å². The van der Waals surface area contributed by atoms with E-state index in [1.54, 1.807) is 12.2 Å². The van der Waals surface area contributed by atoms with Crippen molar-refractivity contribution in [2.24, 2.45) is 0 Å². The van der Waals surface area contributed by atoms with Crippen LogP contribution in [0.2, 0.25) is 0 Å². The van der Waals surface area contributed by atoms with Crippen molar-refractivity contribution in [2.45, 2.75) is 12.8 Å². The minimum absolute atomic E-state index is 0.0878. The second kappa shape index (κ2) is 8.70. The molecule has 0 aromatic carbocycles. The molecule has 78 valence electrons. The Labute approximate surface area is 90.9 Å². The van der Waals surface area contributed by atoms with Crippen molar-refractivity contribution in [3.05, 3.63) is 48.8 Å². The number of aliphatic hydroxyl groups excluding tert-OH is 1. The fraction of sp³-hybridized carbons (Fsp3) is 0.333. The standard InChI is InChI=1S/C12H18OS/c1-4-6-12(7-5-10-14-3)9-8-11(2)13/h4,6,8-9,13H,1-2,5,7,10H2,3H3/b9-8-,12-6-. The Hall–Kier alpha value is -0.890. The van der Waals surface area contributed by atoms with Crippen LogP contribution in [0.25, 0.3) is 0 Å². The molecular formula is C12H18OS. The molecule has 0 radical (unpaired) electrons. The van der Waals surface area contributed by atoms with Crippen LogP contribution < -0.4 is 0 Å². The Morgan fingerprint density at radius 2 is 2.14 bits per heavy atom. The molecule has 0 rings (SSSR count). The fourth-order valence-corrected chi connectivity index (χ4v) is 1.43. The van der Waals surface area contributed by atoms with Gasteiger partial charge in [-0.25, -0.2) is 0 Å². The van der Waals surface area contributed by atoms with Crippen LogP contribution in [-0.4, -0.2) is 17.1 Å². The molecule has 0 heterocycles. The molecule has 0 unspecified atom stereocenters. The van der Waals surface area contributed by atoms with Gasteiger partial charge < -0.3 is 5.11 Å². The number of hydrogen-bond acceptors (Lipinski definition) is 2. The van der Waals surface area contributed by atoms with Crippen molar-refractivity contribution in [3.63, 3.8) is 0 Å². The van der Waals surface area contributed by atoms with Gasteiger partial charge in [0.25, 0.3) is 0 Å². The summed E-state index contributed by atoms with van der Waals surface area (Å²) in [4.78, 5) is 0.